The number of aromatic nitrogens is 1. The van der Waals surface area contributed by atoms with Crippen LogP contribution < -0.4 is 5.32 Å². The first-order valence-corrected chi connectivity index (χ1v) is 9.56. The topological polar surface area (TPSA) is 68.4 Å². The van der Waals surface area contributed by atoms with Gasteiger partial charge in [-0.1, -0.05) is 31.2 Å². The average Bonchev–Trinajstić information content (AvgIpc) is 3.12. The Balaban J connectivity index is 1.54. The zero-order valence-corrected chi connectivity index (χ0v) is 16.0. The Kier molecular flexibility index (Phi) is 6.42. The van der Waals surface area contributed by atoms with Crippen molar-refractivity contribution in [2.75, 3.05) is 45.8 Å². The van der Waals surface area contributed by atoms with E-state index in [1.54, 1.807) is 6.08 Å². The highest BCUT2D eigenvalue weighted by Gasteiger charge is 2.22. The van der Waals surface area contributed by atoms with Gasteiger partial charge >= 0.3 is 0 Å². The van der Waals surface area contributed by atoms with Gasteiger partial charge in [0.25, 0.3) is 0 Å². The molecule has 0 bridgehead atoms. The molecule has 6 nitrogen and oxygen atoms in total. The van der Waals surface area contributed by atoms with Gasteiger partial charge in [-0.25, -0.2) is 0 Å². The van der Waals surface area contributed by atoms with Gasteiger partial charge in [-0.3, -0.25) is 19.4 Å². The number of piperazine rings is 1. The number of nitrogens with one attached hydrogen (secondary N) is 2. The molecular formula is C21H28N4O2. The third kappa shape index (κ3) is 4.64. The minimum atomic E-state index is 0.0185. The van der Waals surface area contributed by atoms with E-state index in [1.165, 1.54) is 5.56 Å². The molecule has 1 aromatic heterocycles. The van der Waals surface area contributed by atoms with E-state index >= 15 is 0 Å². The van der Waals surface area contributed by atoms with Gasteiger partial charge in [0, 0.05) is 55.4 Å². The number of carbonyl (C=O) groups excluding carboxylic acids is 2. The van der Waals surface area contributed by atoms with Crippen molar-refractivity contribution in [2.45, 2.75) is 13.3 Å². The fourth-order valence-corrected chi connectivity index (χ4v) is 3.58. The number of hydrogen-bond acceptors (Lipinski definition) is 4. The number of hydrogen-bond donors (Lipinski definition) is 2. The van der Waals surface area contributed by atoms with Crippen LogP contribution in [0, 0.1) is 0 Å². The van der Waals surface area contributed by atoms with Crippen molar-refractivity contribution in [1.82, 2.24) is 20.1 Å². The summed E-state index contributed by atoms with van der Waals surface area (Å²) in [6.07, 6.45) is 4.45. The quantitative estimate of drug-likeness (QED) is 0.551. The molecule has 0 aliphatic carbocycles. The summed E-state index contributed by atoms with van der Waals surface area (Å²) in [7, 11) is 0. The normalized spacial score (nSPS) is 15.7. The van der Waals surface area contributed by atoms with Crippen molar-refractivity contribution in [2.24, 2.45) is 0 Å². The summed E-state index contributed by atoms with van der Waals surface area (Å²) in [4.78, 5) is 32.2. The van der Waals surface area contributed by atoms with E-state index in [9.17, 15) is 9.59 Å². The van der Waals surface area contributed by atoms with Crippen molar-refractivity contribution in [1.29, 1.82) is 0 Å². The van der Waals surface area contributed by atoms with Gasteiger partial charge in [-0.15, -0.1) is 6.58 Å². The minimum absolute atomic E-state index is 0.0185. The summed E-state index contributed by atoms with van der Waals surface area (Å²) >= 11 is 0. The summed E-state index contributed by atoms with van der Waals surface area (Å²) in [6, 6.07) is 6.12. The number of aromatic amines is 1. The maximum absolute atomic E-state index is 12.8. The number of H-pyrrole nitrogens is 1. The van der Waals surface area contributed by atoms with Crippen molar-refractivity contribution in [3.8, 4) is 0 Å². The minimum Gasteiger partial charge on any atom is -0.360 e. The van der Waals surface area contributed by atoms with Gasteiger partial charge in [0.2, 0.25) is 5.91 Å². The molecule has 1 aliphatic rings. The first-order chi connectivity index (χ1) is 13.1. The van der Waals surface area contributed by atoms with Crippen molar-refractivity contribution in [3.05, 3.63) is 48.2 Å². The molecule has 27 heavy (non-hydrogen) atoms. The first kappa shape index (κ1) is 19.3. The molecule has 1 aliphatic heterocycles. The molecule has 1 saturated heterocycles. The maximum Gasteiger partial charge on any atom is 0.234 e. The van der Waals surface area contributed by atoms with Gasteiger partial charge in [0.05, 0.1) is 13.1 Å². The van der Waals surface area contributed by atoms with Crippen LogP contribution in [-0.4, -0.2) is 72.3 Å². The summed E-state index contributed by atoms with van der Waals surface area (Å²) < 4.78 is 0. The van der Waals surface area contributed by atoms with Gasteiger partial charge in [-0.05, 0) is 12.0 Å². The van der Waals surface area contributed by atoms with Crippen LogP contribution in [0.3, 0.4) is 0 Å². The zero-order valence-electron chi connectivity index (χ0n) is 16.0. The molecule has 0 atom stereocenters. The van der Waals surface area contributed by atoms with E-state index in [4.69, 9.17) is 0 Å². The number of para-hydroxylation sites is 1. The van der Waals surface area contributed by atoms with Gasteiger partial charge < -0.3 is 10.3 Å². The third-order valence-electron chi connectivity index (χ3n) is 5.13. The van der Waals surface area contributed by atoms with E-state index < -0.39 is 0 Å². The number of nitrogens with zero attached hydrogens (tertiary/aromatic N) is 2. The lowest BCUT2D eigenvalue weighted by molar-refractivity contribution is -0.122. The summed E-state index contributed by atoms with van der Waals surface area (Å²) in [5.74, 6) is 0.164. The number of benzene rings is 1. The number of ketones is 1. The predicted octanol–water partition coefficient (Wildman–Crippen LogP) is 1.83. The van der Waals surface area contributed by atoms with Crippen LogP contribution in [0.1, 0.15) is 22.8 Å². The highest BCUT2D eigenvalue weighted by atomic mass is 16.2. The van der Waals surface area contributed by atoms with Crippen LogP contribution in [0.4, 0.5) is 0 Å². The van der Waals surface area contributed by atoms with Crippen LogP contribution in [0.25, 0.3) is 10.9 Å². The number of carbonyl (C=O) groups is 2. The lowest BCUT2D eigenvalue weighted by Crippen LogP contribution is -2.50. The lowest BCUT2D eigenvalue weighted by Gasteiger charge is -2.33. The number of amides is 1. The molecule has 1 fully saturated rings. The molecule has 0 unspecified atom stereocenters. The largest absolute Gasteiger partial charge is 0.360 e. The number of rotatable bonds is 8. The standard InChI is InChI=1S/C21H28N4O2/c1-3-8-22-20(27)15-25-11-9-24(10-12-25)14-19(26)18-13-23-21-16(4-2)6-5-7-17(18)21/h3,5-7,13,23H,1,4,8-12,14-15H2,2H3,(H,22,27). The molecule has 1 aromatic carbocycles. The Hall–Kier alpha value is -2.44. The molecule has 6 heteroatoms. The molecule has 1 amide bonds. The van der Waals surface area contributed by atoms with Crippen LogP contribution in [-0.2, 0) is 11.2 Å². The second-order valence-corrected chi connectivity index (χ2v) is 6.96. The van der Waals surface area contributed by atoms with Gasteiger partial charge in [-0.2, -0.15) is 0 Å². The smallest absolute Gasteiger partial charge is 0.234 e. The lowest BCUT2D eigenvalue weighted by atomic mass is 10.0. The highest BCUT2D eigenvalue weighted by molar-refractivity contribution is 6.09. The van der Waals surface area contributed by atoms with Crippen LogP contribution in [0.15, 0.2) is 37.1 Å². The monoisotopic (exact) mass is 368 g/mol. The van der Waals surface area contributed by atoms with E-state index in [1.807, 2.05) is 18.3 Å². The number of aryl methyl sites for hydroxylation is 1. The first-order valence-electron chi connectivity index (χ1n) is 9.56. The van der Waals surface area contributed by atoms with E-state index in [-0.39, 0.29) is 11.7 Å². The molecule has 2 heterocycles. The fourth-order valence-electron chi connectivity index (χ4n) is 3.58. The Labute approximate surface area is 160 Å². The second kappa shape index (κ2) is 8.97. The number of fused-ring (bicyclic) bond motifs is 1. The summed E-state index contributed by atoms with van der Waals surface area (Å²) in [5.41, 5.74) is 3.07. The van der Waals surface area contributed by atoms with Crippen LogP contribution in [0.2, 0.25) is 0 Å². The highest BCUT2D eigenvalue weighted by Crippen LogP contribution is 2.23. The molecule has 0 radical (unpaired) electrons. The molecule has 3 rings (SSSR count). The third-order valence-corrected chi connectivity index (χ3v) is 5.13. The van der Waals surface area contributed by atoms with Gasteiger partial charge in [0.1, 0.15) is 0 Å². The maximum atomic E-state index is 12.8. The molecular weight excluding hydrogens is 340 g/mol. The molecule has 144 valence electrons. The molecule has 0 saturated carbocycles. The van der Waals surface area contributed by atoms with Crippen molar-refractivity contribution >= 4 is 22.6 Å². The molecule has 0 spiro atoms. The fraction of sp³-hybridized carbons (Fsp3) is 0.429. The summed E-state index contributed by atoms with van der Waals surface area (Å²) in [6.45, 7) is 10.2. The Morgan fingerprint density at radius 1 is 1.19 bits per heavy atom. The average molecular weight is 368 g/mol. The number of Topliss-reactive ketones (excluding diaryl/α,β-unsaturated/α-hetero) is 1. The predicted molar refractivity (Wildman–Crippen MR) is 108 cm³/mol. The van der Waals surface area contributed by atoms with E-state index in [2.05, 4.69) is 39.7 Å². The Bertz CT molecular complexity index is 819. The Morgan fingerprint density at radius 2 is 1.89 bits per heavy atom. The van der Waals surface area contributed by atoms with Crippen molar-refractivity contribution in [3.63, 3.8) is 0 Å². The van der Waals surface area contributed by atoms with Crippen LogP contribution in [0.5, 0.6) is 0 Å². The Morgan fingerprint density at radius 3 is 2.56 bits per heavy atom. The van der Waals surface area contributed by atoms with E-state index in [0.29, 0.717) is 19.6 Å². The molecule has 2 aromatic rings. The second-order valence-electron chi connectivity index (χ2n) is 6.96. The zero-order chi connectivity index (χ0) is 19.2. The van der Waals surface area contributed by atoms with E-state index in [0.717, 1.165) is 49.1 Å². The van der Waals surface area contributed by atoms with Crippen molar-refractivity contribution < 1.29 is 9.59 Å². The van der Waals surface area contributed by atoms with Gasteiger partial charge in [0.15, 0.2) is 5.78 Å². The van der Waals surface area contributed by atoms with Crippen LogP contribution >= 0.6 is 0 Å². The molecule has 2 N–H and O–H groups in total. The SMILES string of the molecule is C=CCNC(=O)CN1CCN(CC(=O)c2c[nH]c3c(CC)cccc23)CC1. The summed E-state index contributed by atoms with van der Waals surface area (Å²) in [5, 5.41) is 3.81.